The molecule has 0 saturated heterocycles. The third-order valence-electron chi connectivity index (χ3n) is 2.88. The van der Waals surface area contributed by atoms with Gasteiger partial charge < -0.3 is 14.5 Å². The largest absolute Gasteiger partial charge is 0.497 e. The molecule has 2 aromatic rings. The minimum Gasteiger partial charge on any atom is -0.497 e. The van der Waals surface area contributed by atoms with Crippen molar-refractivity contribution in [3.63, 3.8) is 0 Å². The number of nitrogens with one attached hydrogen (secondary N) is 1. The number of aromatic nitrogens is 1. The molecule has 0 aliphatic heterocycles. The second-order valence-corrected chi connectivity index (χ2v) is 4.13. The zero-order valence-electron chi connectivity index (χ0n) is 11.0. The predicted molar refractivity (Wildman–Crippen MR) is 71.2 cm³/mol. The standard InChI is InChI=1S/C14H18N2O2/c1-10-13(18-14(15-2)16-10)8-7-11-5-4-6-12(9-11)17-3/h4-6,9H,7-8H2,1-3H3,(H,15,16). The Balaban J connectivity index is 2.03. The van der Waals surface area contributed by atoms with E-state index in [9.17, 15) is 0 Å². The second kappa shape index (κ2) is 5.58. The zero-order valence-corrected chi connectivity index (χ0v) is 11.0. The van der Waals surface area contributed by atoms with Crippen molar-refractivity contribution in [2.45, 2.75) is 19.8 Å². The molecule has 1 aromatic heterocycles. The summed E-state index contributed by atoms with van der Waals surface area (Å²) in [5.41, 5.74) is 2.18. The Hall–Kier alpha value is -1.97. The van der Waals surface area contributed by atoms with Crippen LogP contribution in [0, 0.1) is 6.92 Å². The highest BCUT2D eigenvalue weighted by molar-refractivity contribution is 5.29. The fourth-order valence-electron chi connectivity index (χ4n) is 1.85. The molecule has 0 aliphatic carbocycles. The van der Waals surface area contributed by atoms with Gasteiger partial charge in [0.15, 0.2) is 0 Å². The van der Waals surface area contributed by atoms with Crippen molar-refractivity contribution in [3.8, 4) is 5.75 Å². The van der Waals surface area contributed by atoms with Crippen LogP contribution < -0.4 is 10.1 Å². The molecule has 0 saturated carbocycles. The minimum atomic E-state index is 0.577. The minimum absolute atomic E-state index is 0.577. The fourth-order valence-corrected chi connectivity index (χ4v) is 1.85. The maximum Gasteiger partial charge on any atom is 0.294 e. The number of ether oxygens (including phenoxy) is 1. The lowest BCUT2D eigenvalue weighted by atomic mass is 10.1. The number of methoxy groups -OCH3 is 1. The van der Waals surface area contributed by atoms with E-state index in [1.54, 1.807) is 14.2 Å². The van der Waals surface area contributed by atoms with E-state index in [4.69, 9.17) is 9.15 Å². The van der Waals surface area contributed by atoms with E-state index in [0.717, 1.165) is 30.0 Å². The fraction of sp³-hybridized carbons (Fsp3) is 0.357. The van der Waals surface area contributed by atoms with Crippen molar-refractivity contribution in [3.05, 3.63) is 41.3 Å². The van der Waals surface area contributed by atoms with Crippen molar-refractivity contribution in [1.29, 1.82) is 0 Å². The van der Waals surface area contributed by atoms with E-state index in [1.807, 2.05) is 25.1 Å². The third-order valence-corrected chi connectivity index (χ3v) is 2.88. The van der Waals surface area contributed by atoms with Crippen LogP contribution in [0.15, 0.2) is 28.7 Å². The molecule has 96 valence electrons. The quantitative estimate of drug-likeness (QED) is 0.881. The first-order chi connectivity index (χ1) is 8.72. The maximum absolute atomic E-state index is 5.59. The van der Waals surface area contributed by atoms with Gasteiger partial charge in [-0.3, -0.25) is 0 Å². The highest BCUT2D eigenvalue weighted by Gasteiger charge is 2.08. The molecule has 0 amide bonds. The van der Waals surface area contributed by atoms with Gasteiger partial charge in [0.2, 0.25) is 0 Å². The molecule has 0 bridgehead atoms. The lowest BCUT2D eigenvalue weighted by Gasteiger charge is -2.03. The van der Waals surface area contributed by atoms with Crippen molar-refractivity contribution in [2.75, 3.05) is 19.5 Å². The molecule has 1 aromatic carbocycles. The number of benzene rings is 1. The molecule has 2 rings (SSSR count). The van der Waals surface area contributed by atoms with Crippen LogP contribution in [0.3, 0.4) is 0 Å². The van der Waals surface area contributed by atoms with Crippen molar-refractivity contribution >= 4 is 6.01 Å². The van der Waals surface area contributed by atoms with Crippen LogP contribution in [0.25, 0.3) is 0 Å². The summed E-state index contributed by atoms with van der Waals surface area (Å²) in [6.45, 7) is 1.96. The molecule has 18 heavy (non-hydrogen) atoms. The Morgan fingerprint density at radius 3 is 2.83 bits per heavy atom. The summed E-state index contributed by atoms with van der Waals surface area (Å²) in [5.74, 6) is 1.82. The van der Waals surface area contributed by atoms with Gasteiger partial charge in [-0.25, -0.2) is 0 Å². The molecule has 1 N–H and O–H groups in total. The zero-order chi connectivity index (χ0) is 13.0. The second-order valence-electron chi connectivity index (χ2n) is 4.13. The summed E-state index contributed by atoms with van der Waals surface area (Å²) in [6, 6.07) is 8.66. The van der Waals surface area contributed by atoms with Crippen LogP contribution in [0.4, 0.5) is 6.01 Å². The number of aryl methyl sites for hydroxylation is 3. The van der Waals surface area contributed by atoms with Crippen LogP contribution in [-0.4, -0.2) is 19.1 Å². The summed E-state index contributed by atoms with van der Waals surface area (Å²) < 4.78 is 10.8. The average molecular weight is 246 g/mol. The number of anilines is 1. The monoisotopic (exact) mass is 246 g/mol. The van der Waals surface area contributed by atoms with Crippen LogP contribution in [-0.2, 0) is 12.8 Å². The Morgan fingerprint density at radius 2 is 2.17 bits per heavy atom. The van der Waals surface area contributed by atoms with Crippen molar-refractivity contribution < 1.29 is 9.15 Å². The van der Waals surface area contributed by atoms with E-state index in [2.05, 4.69) is 16.4 Å². The summed E-state index contributed by atoms with van der Waals surface area (Å²) in [5, 5.41) is 2.91. The first-order valence-electron chi connectivity index (χ1n) is 6.00. The molecule has 0 unspecified atom stereocenters. The van der Waals surface area contributed by atoms with E-state index in [-0.39, 0.29) is 0 Å². The molecular formula is C14H18N2O2. The molecular weight excluding hydrogens is 228 g/mol. The van der Waals surface area contributed by atoms with Gasteiger partial charge in [-0.2, -0.15) is 4.98 Å². The number of oxazole rings is 1. The van der Waals surface area contributed by atoms with Crippen molar-refractivity contribution in [1.82, 2.24) is 4.98 Å². The van der Waals surface area contributed by atoms with Crippen LogP contribution in [0.1, 0.15) is 17.0 Å². The van der Waals surface area contributed by atoms with E-state index in [1.165, 1.54) is 5.56 Å². The summed E-state index contributed by atoms with van der Waals surface area (Å²) in [6.07, 6.45) is 1.75. The summed E-state index contributed by atoms with van der Waals surface area (Å²) in [4.78, 5) is 4.27. The Labute approximate surface area is 107 Å². The van der Waals surface area contributed by atoms with Gasteiger partial charge in [-0.15, -0.1) is 0 Å². The van der Waals surface area contributed by atoms with Gasteiger partial charge in [0, 0.05) is 13.5 Å². The molecule has 0 radical (unpaired) electrons. The topological polar surface area (TPSA) is 47.3 Å². The van der Waals surface area contributed by atoms with Gasteiger partial charge in [0.25, 0.3) is 6.01 Å². The molecule has 0 fully saturated rings. The molecule has 0 aliphatic rings. The van der Waals surface area contributed by atoms with Crippen LogP contribution >= 0.6 is 0 Å². The highest BCUT2D eigenvalue weighted by atomic mass is 16.5. The summed E-state index contributed by atoms with van der Waals surface area (Å²) >= 11 is 0. The van der Waals surface area contributed by atoms with Gasteiger partial charge in [-0.05, 0) is 31.0 Å². The van der Waals surface area contributed by atoms with Crippen LogP contribution in [0.5, 0.6) is 5.75 Å². The number of rotatable bonds is 5. The normalized spacial score (nSPS) is 10.4. The third kappa shape index (κ3) is 2.83. The lowest BCUT2D eigenvalue weighted by Crippen LogP contribution is -1.93. The molecule has 1 heterocycles. The van der Waals surface area contributed by atoms with Gasteiger partial charge in [0.05, 0.1) is 12.8 Å². The molecule has 4 nitrogen and oxygen atoms in total. The Morgan fingerprint density at radius 1 is 1.33 bits per heavy atom. The average Bonchev–Trinajstić information content (AvgIpc) is 2.77. The molecule has 0 spiro atoms. The van der Waals surface area contributed by atoms with Gasteiger partial charge in [0.1, 0.15) is 11.5 Å². The van der Waals surface area contributed by atoms with E-state index in [0.29, 0.717) is 6.01 Å². The first kappa shape index (κ1) is 12.5. The summed E-state index contributed by atoms with van der Waals surface area (Å²) in [7, 11) is 3.48. The van der Waals surface area contributed by atoms with E-state index >= 15 is 0 Å². The predicted octanol–water partition coefficient (Wildman–Crippen LogP) is 2.82. The first-order valence-corrected chi connectivity index (χ1v) is 6.00. The smallest absolute Gasteiger partial charge is 0.294 e. The number of nitrogens with zero attached hydrogens (tertiary/aromatic N) is 1. The Bertz CT molecular complexity index is 520. The van der Waals surface area contributed by atoms with Crippen LogP contribution in [0.2, 0.25) is 0 Å². The van der Waals surface area contributed by atoms with E-state index < -0.39 is 0 Å². The van der Waals surface area contributed by atoms with Gasteiger partial charge in [-0.1, -0.05) is 12.1 Å². The SMILES string of the molecule is CNc1nc(C)c(CCc2cccc(OC)c2)o1. The lowest BCUT2D eigenvalue weighted by molar-refractivity contribution is 0.414. The molecule has 4 heteroatoms. The number of hydrogen-bond acceptors (Lipinski definition) is 4. The number of hydrogen-bond donors (Lipinski definition) is 1. The van der Waals surface area contributed by atoms with Crippen molar-refractivity contribution in [2.24, 2.45) is 0 Å². The molecule has 0 atom stereocenters. The maximum atomic E-state index is 5.59. The van der Waals surface area contributed by atoms with Gasteiger partial charge >= 0.3 is 0 Å². The Kier molecular flexibility index (Phi) is 3.87. The highest BCUT2D eigenvalue weighted by Crippen LogP contribution is 2.18.